The number of anilines is 3. The van der Waals surface area contributed by atoms with Gasteiger partial charge in [-0.2, -0.15) is 13.2 Å². The number of alkyl halides is 3. The number of rotatable bonds is 5. The molecule has 0 fully saturated rings. The molecule has 0 aliphatic heterocycles. The van der Waals surface area contributed by atoms with E-state index in [2.05, 4.69) is 30.7 Å². The Labute approximate surface area is 180 Å². The van der Waals surface area contributed by atoms with Crippen molar-refractivity contribution in [3.63, 3.8) is 0 Å². The Morgan fingerprint density at radius 1 is 1.16 bits per heavy atom. The van der Waals surface area contributed by atoms with Crippen LogP contribution in [0.25, 0.3) is 17.0 Å². The van der Waals surface area contributed by atoms with Crippen molar-refractivity contribution in [1.82, 2.24) is 24.6 Å². The van der Waals surface area contributed by atoms with Gasteiger partial charge in [0.05, 0.1) is 0 Å². The van der Waals surface area contributed by atoms with E-state index in [-0.39, 0.29) is 17.4 Å². The van der Waals surface area contributed by atoms with Crippen molar-refractivity contribution in [2.45, 2.75) is 26.4 Å². The van der Waals surface area contributed by atoms with E-state index in [9.17, 15) is 18.0 Å². The van der Waals surface area contributed by atoms with Crippen LogP contribution in [0.5, 0.6) is 0 Å². The van der Waals surface area contributed by atoms with Crippen molar-refractivity contribution < 1.29 is 18.0 Å². The van der Waals surface area contributed by atoms with Crippen LogP contribution in [-0.4, -0.2) is 30.5 Å². The summed E-state index contributed by atoms with van der Waals surface area (Å²) in [6.45, 7) is 3.35. The highest BCUT2D eigenvalue weighted by molar-refractivity contribution is 5.88. The predicted molar refractivity (Wildman–Crippen MR) is 112 cm³/mol. The molecule has 4 aromatic heterocycles. The molecular weight excluding hydrogens is 423 g/mol. The van der Waals surface area contributed by atoms with Crippen molar-refractivity contribution in [3.8, 4) is 11.5 Å². The van der Waals surface area contributed by atoms with E-state index in [1.165, 1.54) is 25.3 Å². The molecule has 0 radical (unpaired) electrons. The lowest BCUT2D eigenvalue weighted by Crippen LogP contribution is -2.10. The molecule has 0 bridgehead atoms. The summed E-state index contributed by atoms with van der Waals surface area (Å²) >= 11 is 0. The number of halogens is 3. The molecule has 0 aromatic carbocycles. The van der Waals surface area contributed by atoms with Crippen LogP contribution in [0.3, 0.4) is 0 Å². The Balaban J connectivity index is 1.81. The summed E-state index contributed by atoms with van der Waals surface area (Å²) in [4.78, 5) is 23.6. The van der Waals surface area contributed by atoms with E-state index < -0.39 is 11.9 Å². The number of fused-ring (bicyclic) bond motifs is 1. The molecule has 11 heteroatoms. The van der Waals surface area contributed by atoms with Crippen LogP contribution in [-0.2, 0) is 17.4 Å². The van der Waals surface area contributed by atoms with Crippen molar-refractivity contribution in [3.05, 3.63) is 60.0 Å². The predicted octanol–water partition coefficient (Wildman–Crippen LogP) is 4.47. The molecule has 32 heavy (non-hydrogen) atoms. The highest BCUT2D eigenvalue weighted by Gasteiger charge is 2.32. The summed E-state index contributed by atoms with van der Waals surface area (Å²) in [5, 5.41) is 10.1. The first kappa shape index (κ1) is 21.2. The topological polar surface area (TPSA) is 97.1 Å². The van der Waals surface area contributed by atoms with Crippen LogP contribution in [0.15, 0.2) is 48.8 Å². The van der Waals surface area contributed by atoms with E-state index in [1.807, 2.05) is 13.0 Å². The summed E-state index contributed by atoms with van der Waals surface area (Å²) in [6.07, 6.45) is -0.655. The first-order chi connectivity index (χ1) is 15.2. The van der Waals surface area contributed by atoms with Gasteiger partial charge in [-0.3, -0.25) is 4.79 Å². The Bertz CT molecular complexity index is 1300. The smallest absolute Gasteiger partial charge is 0.338 e. The van der Waals surface area contributed by atoms with E-state index in [0.29, 0.717) is 29.3 Å². The zero-order valence-corrected chi connectivity index (χ0v) is 17.1. The Morgan fingerprint density at radius 3 is 2.69 bits per heavy atom. The average molecular weight is 441 g/mol. The summed E-state index contributed by atoms with van der Waals surface area (Å²) in [6, 6.07) is 8.76. The summed E-state index contributed by atoms with van der Waals surface area (Å²) < 4.78 is 40.9. The zero-order chi connectivity index (χ0) is 22.9. The third-order valence-corrected chi connectivity index (χ3v) is 4.57. The standard InChI is InChI=1S/C21H18F3N7O/c1-3-13-8-10-31-18(13)20(27-14-7-9-25-17(11-14)26-12(2)32)29-19(30-31)15-5-4-6-16(28-15)21(22,23)24/h4-11H,3H2,1-2H3,(H2,25,26,27,29,30,32). The lowest BCUT2D eigenvalue weighted by atomic mass is 10.2. The minimum absolute atomic E-state index is 0.00909. The van der Waals surface area contributed by atoms with Crippen molar-refractivity contribution >= 4 is 28.7 Å². The summed E-state index contributed by atoms with van der Waals surface area (Å²) in [5.74, 6) is 0.492. The molecular formula is C21H18F3N7O. The molecule has 0 saturated carbocycles. The number of carbonyl (C=O) groups is 1. The van der Waals surface area contributed by atoms with Crippen LogP contribution in [0.2, 0.25) is 0 Å². The number of aromatic nitrogens is 5. The Morgan fingerprint density at radius 2 is 1.97 bits per heavy atom. The van der Waals surface area contributed by atoms with Crippen LogP contribution < -0.4 is 10.6 Å². The number of nitrogens with zero attached hydrogens (tertiary/aromatic N) is 5. The molecule has 8 nitrogen and oxygen atoms in total. The molecule has 1 amide bonds. The fourth-order valence-electron chi connectivity index (χ4n) is 3.18. The van der Waals surface area contributed by atoms with Gasteiger partial charge in [-0.05, 0) is 36.2 Å². The maximum Gasteiger partial charge on any atom is 0.433 e. The molecule has 0 saturated heterocycles. The number of aryl methyl sites for hydroxylation is 1. The molecule has 0 unspecified atom stereocenters. The third-order valence-electron chi connectivity index (χ3n) is 4.57. The molecule has 0 spiro atoms. The zero-order valence-electron chi connectivity index (χ0n) is 17.1. The minimum atomic E-state index is -4.58. The number of carbonyl (C=O) groups excluding carboxylic acids is 1. The first-order valence-electron chi connectivity index (χ1n) is 9.68. The van der Waals surface area contributed by atoms with Crippen molar-refractivity contribution in [1.29, 1.82) is 0 Å². The van der Waals surface area contributed by atoms with Gasteiger partial charge in [0.25, 0.3) is 0 Å². The largest absolute Gasteiger partial charge is 0.433 e. The van der Waals surface area contributed by atoms with Gasteiger partial charge in [0, 0.05) is 31.1 Å². The Hall–Kier alpha value is -4.02. The number of amides is 1. The van der Waals surface area contributed by atoms with Crippen LogP contribution >= 0.6 is 0 Å². The molecule has 0 atom stereocenters. The van der Waals surface area contributed by atoms with Crippen LogP contribution in [0, 0.1) is 0 Å². The van der Waals surface area contributed by atoms with E-state index in [0.717, 1.165) is 11.6 Å². The fraction of sp³-hybridized carbons (Fsp3) is 0.190. The molecule has 4 aromatic rings. The maximum absolute atomic E-state index is 13.1. The average Bonchev–Trinajstić information content (AvgIpc) is 3.16. The van der Waals surface area contributed by atoms with Gasteiger partial charge in [0.1, 0.15) is 22.7 Å². The maximum atomic E-state index is 13.1. The molecule has 0 aliphatic rings. The first-order valence-corrected chi connectivity index (χ1v) is 9.68. The van der Waals surface area contributed by atoms with E-state index in [4.69, 9.17) is 0 Å². The Kier molecular flexibility index (Phi) is 5.47. The van der Waals surface area contributed by atoms with Crippen LogP contribution in [0.4, 0.5) is 30.5 Å². The van der Waals surface area contributed by atoms with Gasteiger partial charge in [0.2, 0.25) is 11.7 Å². The van der Waals surface area contributed by atoms with Crippen LogP contribution in [0.1, 0.15) is 25.1 Å². The van der Waals surface area contributed by atoms with Gasteiger partial charge in [-0.15, -0.1) is 5.10 Å². The lowest BCUT2D eigenvalue weighted by Gasteiger charge is -2.12. The minimum Gasteiger partial charge on any atom is -0.338 e. The fourth-order valence-corrected chi connectivity index (χ4v) is 3.18. The van der Waals surface area contributed by atoms with E-state index in [1.54, 1.807) is 22.8 Å². The highest BCUT2D eigenvalue weighted by atomic mass is 19.4. The number of nitrogens with one attached hydrogen (secondary N) is 2. The normalized spacial score (nSPS) is 11.5. The summed E-state index contributed by atoms with van der Waals surface area (Å²) in [5.41, 5.74) is 1.18. The molecule has 4 heterocycles. The molecule has 0 aliphatic carbocycles. The van der Waals surface area contributed by atoms with Gasteiger partial charge in [-0.1, -0.05) is 13.0 Å². The van der Waals surface area contributed by atoms with Gasteiger partial charge in [0.15, 0.2) is 5.82 Å². The highest BCUT2D eigenvalue weighted by Crippen LogP contribution is 2.30. The van der Waals surface area contributed by atoms with Crippen molar-refractivity contribution in [2.75, 3.05) is 10.6 Å². The second-order valence-electron chi connectivity index (χ2n) is 6.91. The molecule has 164 valence electrons. The second kappa shape index (κ2) is 8.25. The molecule has 2 N–H and O–H groups in total. The third kappa shape index (κ3) is 4.36. The lowest BCUT2D eigenvalue weighted by molar-refractivity contribution is -0.141. The number of pyridine rings is 2. The monoisotopic (exact) mass is 441 g/mol. The number of hydrogen-bond acceptors (Lipinski definition) is 6. The van der Waals surface area contributed by atoms with Gasteiger partial charge < -0.3 is 10.6 Å². The number of hydrogen-bond donors (Lipinski definition) is 2. The quantitative estimate of drug-likeness (QED) is 0.474. The van der Waals surface area contributed by atoms with Gasteiger partial charge in [-0.25, -0.2) is 19.5 Å². The summed E-state index contributed by atoms with van der Waals surface area (Å²) in [7, 11) is 0. The SMILES string of the molecule is CCc1ccn2nc(-c3cccc(C(F)(F)F)n3)nc(Nc3ccnc(NC(C)=O)c3)c12. The second-order valence-corrected chi connectivity index (χ2v) is 6.91. The van der Waals surface area contributed by atoms with E-state index >= 15 is 0 Å². The van der Waals surface area contributed by atoms with Crippen molar-refractivity contribution in [2.24, 2.45) is 0 Å². The van der Waals surface area contributed by atoms with Gasteiger partial charge >= 0.3 is 6.18 Å². The molecule has 4 rings (SSSR count).